The van der Waals surface area contributed by atoms with Gasteiger partial charge in [0.2, 0.25) is 0 Å². The maximum atomic E-state index is 11.3. The predicted molar refractivity (Wildman–Crippen MR) is 119 cm³/mol. The Morgan fingerprint density at radius 2 is 1.22 bits per heavy atom. The van der Waals surface area contributed by atoms with Crippen LogP contribution in [0.5, 0.6) is 0 Å². The van der Waals surface area contributed by atoms with Crippen LogP contribution in [0.2, 0.25) is 0 Å². The first-order chi connectivity index (χ1) is 13.2. The molecule has 0 fully saturated rings. The van der Waals surface area contributed by atoms with Gasteiger partial charge >= 0.3 is 5.97 Å². The zero-order valence-corrected chi connectivity index (χ0v) is 17.5. The fraction of sp³-hybridized carbons (Fsp3) is 0.480. The summed E-state index contributed by atoms with van der Waals surface area (Å²) >= 11 is 0. The third-order valence-corrected chi connectivity index (χ3v) is 3.75. The minimum absolute atomic E-state index is 0.232. The van der Waals surface area contributed by atoms with Crippen molar-refractivity contribution in [1.82, 2.24) is 0 Å². The average Bonchev–Trinajstić information content (AvgIpc) is 2.64. The first kappa shape index (κ1) is 24.9. The van der Waals surface area contributed by atoms with Crippen LogP contribution >= 0.6 is 0 Å². The van der Waals surface area contributed by atoms with E-state index in [0.717, 1.165) is 56.9 Å². The Morgan fingerprint density at radius 3 is 1.70 bits per heavy atom. The fourth-order valence-electron chi connectivity index (χ4n) is 2.32. The molecule has 0 saturated carbocycles. The summed E-state index contributed by atoms with van der Waals surface area (Å²) in [5.74, 6) is -0.232. The summed E-state index contributed by atoms with van der Waals surface area (Å²) in [6.07, 6.45) is 31.9. The van der Waals surface area contributed by atoms with E-state index in [4.69, 9.17) is 4.74 Å². The van der Waals surface area contributed by atoms with Gasteiger partial charge < -0.3 is 4.74 Å². The van der Waals surface area contributed by atoms with E-state index in [-0.39, 0.29) is 5.97 Å². The average molecular weight is 371 g/mol. The molecule has 0 amide bonds. The molecule has 0 aliphatic heterocycles. The second kappa shape index (κ2) is 20.2. The zero-order chi connectivity index (χ0) is 20.0. The van der Waals surface area contributed by atoms with Gasteiger partial charge in [-0.15, -0.1) is 0 Å². The fourth-order valence-corrected chi connectivity index (χ4v) is 2.32. The third-order valence-electron chi connectivity index (χ3n) is 3.75. The number of ether oxygens (including phenoxy) is 1. The van der Waals surface area contributed by atoms with Crippen molar-refractivity contribution in [3.8, 4) is 0 Å². The van der Waals surface area contributed by atoms with Gasteiger partial charge in [0, 0.05) is 6.08 Å². The Kier molecular flexibility index (Phi) is 18.7. The minimum atomic E-state index is -0.232. The van der Waals surface area contributed by atoms with E-state index in [9.17, 15) is 4.79 Å². The van der Waals surface area contributed by atoms with E-state index < -0.39 is 0 Å². The van der Waals surface area contributed by atoms with Crippen LogP contribution in [0.25, 0.3) is 0 Å². The first-order valence-corrected chi connectivity index (χ1v) is 10.3. The molecule has 0 unspecified atom stereocenters. The summed E-state index contributed by atoms with van der Waals surface area (Å²) in [6.45, 7) is 6.39. The molecule has 0 aromatic carbocycles. The number of allylic oxidation sites excluding steroid dienone is 11. The van der Waals surface area contributed by atoms with E-state index in [2.05, 4.69) is 67.7 Å². The van der Waals surface area contributed by atoms with Crippen molar-refractivity contribution in [3.63, 3.8) is 0 Å². The van der Waals surface area contributed by atoms with Gasteiger partial charge in [-0.1, -0.05) is 73.3 Å². The normalized spacial score (nSPS) is 13.2. The van der Waals surface area contributed by atoms with Crippen LogP contribution in [0.4, 0.5) is 0 Å². The lowest BCUT2D eigenvalue weighted by Crippen LogP contribution is -2.00. The van der Waals surface area contributed by atoms with Gasteiger partial charge in [0.25, 0.3) is 0 Å². The van der Waals surface area contributed by atoms with Gasteiger partial charge in [-0.3, -0.25) is 0 Å². The molecule has 0 rings (SSSR count). The molecule has 0 heterocycles. The lowest BCUT2D eigenvalue weighted by Gasteiger charge is -2.00. The Hall–Kier alpha value is -2.09. The van der Waals surface area contributed by atoms with E-state index in [1.54, 1.807) is 6.08 Å². The highest BCUT2D eigenvalue weighted by molar-refractivity contribution is 5.82. The summed E-state index contributed by atoms with van der Waals surface area (Å²) in [5.41, 5.74) is 1.08. The smallest absolute Gasteiger partial charge is 0.330 e. The second-order valence-electron chi connectivity index (χ2n) is 6.34. The monoisotopic (exact) mass is 370 g/mol. The lowest BCUT2D eigenvalue weighted by molar-refractivity contribution is -0.137. The van der Waals surface area contributed by atoms with Crippen molar-refractivity contribution in [2.45, 2.75) is 72.1 Å². The summed E-state index contributed by atoms with van der Waals surface area (Å²) in [5, 5.41) is 0. The highest BCUT2D eigenvalue weighted by atomic mass is 16.5. The summed E-state index contributed by atoms with van der Waals surface area (Å²) in [6, 6.07) is 0. The third kappa shape index (κ3) is 20.1. The molecule has 0 aromatic rings. The van der Waals surface area contributed by atoms with Crippen LogP contribution in [0.15, 0.2) is 72.4 Å². The Balaban J connectivity index is 3.64. The van der Waals surface area contributed by atoms with E-state index in [1.165, 1.54) is 0 Å². The number of hydrogen-bond acceptors (Lipinski definition) is 2. The van der Waals surface area contributed by atoms with Crippen LogP contribution < -0.4 is 0 Å². The van der Waals surface area contributed by atoms with Crippen LogP contribution in [0.3, 0.4) is 0 Å². The van der Waals surface area contributed by atoms with Crippen LogP contribution in [-0.4, -0.2) is 12.6 Å². The molecule has 2 nitrogen and oxygen atoms in total. The highest BCUT2D eigenvalue weighted by Gasteiger charge is 1.97. The Morgan fingerprint density at radius 1 is 0.741 bits per heavy atom. The SMILES string of the molecule is CC/C=C\C/C=C\C/C=C\C/C=C\C/C=C\CCC/C(C)=C/C(=O)OCC. The molecule has 0 aliphatic carbocycles. The van der Waals surface area contributed by atoms with Crippen LogP contribution in [0, 0.1) is 0 Å². The van der Waals surface area contributed by atoms with Crippen molar-refractivity contribution in [2.24, 2.45) is 0 Å². The molecule has 0 bridgehead atoms. The Bertz CT molecular complexity index is 531. The van der Waals surface area contributed by atoms with Gasteiger partial charge in [0.1, 0.15) is 0 Å². The summed E-state index contributed by atoms with van der Waals surface area (Å²) < 4.78 is 4.90. The molecule has 0 aromatic heterocycles. The maximum Gasteiger partial charge on any atom is 0.330 e. The maximum absolute atomic E-state index is 11.3. The van der Waals surface area contributed by atoms with Crippen LogP contribution in [-0.2, 0) is 9.53 Å². The van der Waals surface area contributed by atoms with Crippen molar-refractivity contribution in [1.29, 1.82) is 0 Å². The highest BCUT2D eigenvalue weighted by Crippen LogP contribution is 2.07. The van der Waals surface area contributed by atoms with Crippen molar-refractivity contribution >= 4 is 5.97 Å². The van der Waals surface area contributed by atoms with Crippen molar-refractivity contribution in [3.05, 3.63) is 72.4 Å². The molecular formula is C25H38O2. The quantitative estimate of drug-likeness (QED) is 0.130. The van der Waals surface area contributed by atoms with Gasteiger partial charge in [-0.25, -0.2) is 4.79 Å². The van der Waals surface area contributed by atoms with E-state index in [0.29, 0.717) is 6.61 Å². The van der Waals surface area contributed by atoms with Crippen LogP contribution in [0.1, 0.15) is 72.1 Å². The molecule has 0 spiro atoms. The largest absolute Gasteiger partial charge is 0.463 e. The number of esters is 1. The molecule has 0 radical (unpaired) electrons. The molecule has 0 atom stereocenters. The van der Waals surface area contributed by atoms with Gasteiger partial charge in [-0.2, -0.15) is 0 Å². The second-order valence-corrected chi connectivity index (χ2v) is 6.34. The summed E-state index contributed by atoms with van der Waals surface area (Å²) in [7, 11) is 0. The molecular weight excluding hydrogens is 332 g/mol. The van der Waals surface area contributed by atoms with Crippen molar-refractivity contribution in [2.75, 3.05) is 6.61 Å². The van der Waals surface area contributed by atoms with Crippen molar-refractivity contribution < 1.29 is 9.53 Å². The number of rotatable bonds is 15. The lowest BCUT2D eigenvalue weighted by atomic mass is 10.1. The summed E-state index contributed by atoms with van der Waals surface area (Å²) in [4.78, 5) is 11.3. The minimum Gasteiger partial charge on any atom is -0.463 e. The number of carbonyl (C=O) groups is 1. The van der Waals surface area contributed by atoms with Gasteiger partial charge in [0.05, 0.1) is 6.61 Å². The molecule has 150 valence electrons. The predicted octanol–water partition coefficient (Wildman–Crippen LogP) is 7.42. The van der Waals surface area contributed by atoms with Gasteiger partial charge in [0.15, 0.2) is 0 Å². The molecule has 0 aliphatic rings. The Labute approximate surface area is 167 Å². The number of hydrogen-bond donors (Lipinski definition) is 0. The standard InChI is InChI=1S/C25H38O2/c1-4-6-7-8-9-10-11-12-13-14-15-16-17-18-19-20-21-22-24(3)23-25(26)27-5-2/h6-7,9-10,12-13,15-16,18-19,23H,4-5,8,11,14,17,20-22H2,1-3H3/b7-6-,10-9-,13-12-,16-15-,19-18-,24-23+. The molecule has 0 N–H and O–H groups in total. The molecule has 0 saturated heterocycles. The van der Waals surface area contributed by atoms with Gasteiger partial charge in [-0.05, 0) is 65.2 Å². The number of unbranched alkanes of at least 4 members (excludes halogenated alkanes) is 1. The van der Waals surface area contributed by atoms with E-state index in [1.807, 2.05) is 13.8 Å². The topological polar surface area (TPSA) is 26.3 Å². The first-order valence-electron chi connectivity index (χ1n) is 10.3. The zero-order valence-electron chi connectivity index (χ0n) is 17.5. The molecule has 27 heavy (non-hydrogen) atoms. The van der Waals surface area contributed by atoms with E-state index >= 15 is 0 Å². The number of carbonyl (C=O) groups excluding carboxylic acids is 1. The molecule has 2 heteroatoms.